The van der Waals surface area contributed by atoms with Gasteiger partial charge in [-0.3, -0.25) is 5.10 Å². The Morgan fingerprint density at radius 1 is 1.00 bits per heavy atom. The number of hydrogen-bond acceptors (Lipinski definition) is 7. The van der Waals surface area contributed by atoms with Gasteiger partial charge in [-0.2, -0.15) is 10.1 Å². The SMILES string of the molecule is CC(C)[C@@](C)(c1ccc(-c2cnc(N)nc2)cc1)c1noc(-c2cn[nH]c2)n1. The van der Waals surface area contributed by atoms with Gasteiger partial charge in [0.2, 0.25) is 5.95 Å². The summed E-state index contributed by atoms with van der Waals surface area (Å²) in [6.07, 6.45) is 6.83. The topological polar surface area (TPSA) is 119 Å². The Balaban J connectivity index is 1.70. The number of rotatable bonds is 5. The third-order valence-electron chi connectivity index (χ3n) is 5.28. The van der Waals surface area contributed by atoms with Gasteiger partial charge in [-0.25, -0.2) is 9.97 Å². The quantitative estimate of drug-likeness (QED) is 0.548. The summed E-state index contributed by atoms with van der Waals surface area (Å²) < 4.78 is 5.48. The second-order valence-corrected chi connectivity index (χ2v) is 7.17. The minimum absolute atomic E-state index is 0.244. The fraction of sp³-hybridized carbons (Fsp3) is 0.250. The maximum Gasteiger partial charge on any atom is 0.261 e. The lowest BCUT2D eigenvalue weighted by molar-refractivity contribution is 0.351. The van der Waals surface area contributed by atoms with Crippen molar-refractivity contribution < 1.29 is 4.52 Å². The molecule has 4 rings (SSSR count). The zero-order valence-corrected chi connectivity index (χ0v) is 15.9. The van der Waals surface area contributed by atoms with E-state index in [4.69, 9.17) is 10.3 Å². The lowest BCUT2D eigenvalue weighted by atomic mass is 9.72. The van der Waals surface area contributed by atoms with Gasteiger partial charge in [0.05, 0.1) is 17.2 Å². The number of nitrogens with zero attached hydrogens (tertiary/aromatic N) is 5. The Morgan fingerprint density at radius 2 is 1.71 bits per heavy atom. The molecule has 8 nitrogen and oxygen atoms in total. The van der Waals surface area contributed by atoms with Crippen molar-refractivity contribution in [3.8, 4) is 22.6 Å². The predicted octanol–water partition coefficient (Wildman–Crippen LogP) is 3.46. The predicted molar refractivity (Wildman–Crippen MR) is 105 cm³/mol. The Morgan fingerprint density at radius 3 is 2.32 bits per heavy atom. The molecule has 4 aromatic rings. The smallest absolute Gasteiger partial charge is 0.261 e. The van der Waals surface area contributed by atoms with E-state index >= 15 is 0 Å². The molecule has 0 aliphatic carbocycles. The lowest BCUT2D eigenvalue weighted by Crippen LogP contribution is -2.31. The monoisotopic (exact) mass is 375 g/mol. The molecule has 0 unspecified atom stereocenters. The average molecular weight is 375 g/mol. The van der Waals surface area contributed by atoms with Crippen molar-refractivity contribution in [3.05, 3.63) is 60.4 Å². The Bertz CT molecular complexity index is 1050. The van der Waals surface area contributed by atoms with Crippen LogP contribution in [0.2, 0.25) is 0 Å². The van der Waals surface area contributed by atoms with Crippen LogP contribution in [0.25, 0.3) is 22.6 Å². The second-order valence-electron chi connectivity index (χ2n) is 7.17. The zero-order chi connectivity index (χ0) is 19.7. The molecular formula is C20H21N7O. The van der Waals surface area contributed by atoms with Crippen LogP contribution in [0.15, 0.2) is 53.6 Å². The number of hydrogen-bond donors (Lipinski definition) is 2. The molecule has 0 amide bonds. The van der Waals surface area contributed by atoms with E-state index in [-0.39, 0.29) is 11.9 Å². The molecule has 3 aromatic heterocycles. The molecule has 142 valence electrons. The van der Waals surface area contributed by atoms with Crippen molar-refractivity contribution >= 4 is 5.95 Å². The summed E-state index contributed by atoms with van der Waals surface area (Å²) >= 11 is 0. The molecule has 0 saturated heterocycles. The highest BCUT2D eigenvalue weighted by molar-refractivity contribution is 5.62. The molecule has 3 heterocycles. The average Bonchev–Trinajstić information content (AvgIpc) is 3.40. The third-order valence-corrected chi connectivity index (χ3v) is 5.28. The number of H-pyrrole nitrogens is 1. The zero-order valence-electron chi connectivity index (χ0n) is 15.9. The number of nitrogen functional groups attached to an aromatic ring is 1. The number of nitrogens with two attached hydrogens (primary N) is 1. The van der Waals surface area contributed by atoms with Crippen molar-refractivity contribution in [2.45, 2.75) is 26.2 Å². The van der Waals surface area contributed by atoms with Crippen LogP contribution < -0.4 is 5.73 Å². The molecule has 1 aromatic carbocycles. The van der Waals surface area contributed by atoms with Crippen LogP contribution in [0.4, 0.5) is 5.95 Å². The largest absolute Gasteiger partial charge is 0.368 e. The first-order chi connectivity index (χ1) is 13.5. The minimum Gasteiger partial charge on any atom is -0.368 e. The molecule has 0 spiro atoms. The Kier molecular flexibility index (Phi) is 4.38. The molecule has 0 fully saturated rings. The number of aromatic nitrogens is 6. The maximum atomic E-state index is 5.57. The van der Waals surface area contributed by atoms with E-state index in [0.29, 0.717) is 11.7 Å². The van der Waals surface area contributed by atoms with Crippen molar-refractivity contribution in [1.29, 1.82) is 0 Å². The summed E-state index contributed by atoms with van der Waals surface area (Å²) in [6.45, 7) is 6.42. The number of aromatic amines is 1. The van der Waals surface area contributed by atoms with E-state index < -0.39 is 5.41 Å². The number of nitrogens with one attached hydrogen (secondary N) is 1. The Labute approximate surface area is 162 Å². The summed E-state index contributed by atoms with van der Waals surface area (Å²) in [5.41, 5.74) is 8.95. The van der Waals surface area contributed by atoms with Gasteiger partial charge < -0.3 is 10.3 Å². The second kappa shape index (κ2) is 6.88. The molecule has 1 atom stereocenters. The lowest BCUT2D eigenvalue weighted by Gasteiger charge is -2.31. The molecule has 0 saturated carbocycles. The van der Waals surface area contributed by atoms with Crippen LogP contribution in [-0.4, -0.2) is 30.3 Å². The molecule has 28 heavy (non-hydrogen) atoms. The summed E-state index contributed by atoms with van der Waals surface area (Å²) in [6, 6.07) is 8.25. The standard InChI is InChI=1S/C20H21N7O/c1-12(2)20(3,18-26-17(28-27-18)15-10-24-25-11-15)16-6-4-13(5-7-16)14-8-22-19(21)23-9-14/h4-12H,1-3H3,(H,24,25)(H2,21,22,23)/t20-/m0/s1. The van der Waals surface area contributed by atoms with E-state index in [1.807, 2.05) is 12.1 Å². The maximum absolute atomic E-state index is 5.57. The molecule has 0 aliphatic rings. The number of anilines is 1. The van der Waals surface area contributed by atoms with Crippen molar-refractivity contribution in [2.24, 2.45) is 5.92 Å². The van der Waals surface area contributed by atoms with E-state index in [1.54, 1.807) is 24.8 Å². The van der Waals surface area contributed by atoms with E-state index in [1.165, 1.54) is 0 Å². The fourth-order valence-electron chi connectivity index (χ4n) is 3.14. The van der Waals surface area contributed by atoms with Gasteiger partial charge in [0.1, 0.15) is 0 Å². The highest BCUT2D eigenvalue weighted by atomic mass is 16.5. The number of benzene rings is 1. The van der Waals surface area contributed by atoms with Crippen LogP contribution in [0, 0.1) is 5.92 Å². The first-order valence-electron chi connectivity index (χ1n) is 9.00. The van der Waals surface area contributed by atoms with Crippen LogP contribution in [0.5, 0.6) is 0 Å². The van der Waals surface area contributed by atoms with Gasteiger partial charge in [0, 0.05) is 24.2 Å². The van der Waals surface area contributed by atoms with Gasteiger partial charge in [-0.05, 0) is 24.0 Å². The summed E-state index contributed by atoms with van der Waals surface area (Å²) in [4.78, 5) is 12.8. The van der Waals surface area contributed by atoms with Gasteiger partial charge in [-0.15, -0.1) is 0 Å². The van der Waals surface area contributed by atoms with Gasteiger partial charge in [-0.1, -0.05) is 43.3 Å². The van der Waals surface area contributed by atoms with Crippen LogP contribution in [0.1, 0.15) is 32.2 Å². The Hall–Kier alpha value is -3.55. The van der Waals surface area contributed by atoms with E-state index in [2.05, 4.69) is 63.2 Å². The first kappa shape index (κ1) is 17.8. The van der Waals surface area contributed by atoms with Gasteiger partial charge in [0.15, 0.2) is 5.82 Å². The van der Waals surface area contributed by atoms with Crippen LogP contribution in [0.3, 0.4) is 0 Å². The molecule has 0 bridgehead atoms. The van der Waals surface area contributed by atoms with Crippen LogP contribution in [-0.2, 0) is 5.41 Å². The third kappa shape index (κ3) is 3.02. The highest BCUT2D eigenvalue weighted by Gasteiger charge is 2.37. The van der Waals surface area contributed by atoms with E-state index in [0.717, 1.165) is 22.3 Å². The normalized spacial score (nSPS) is 13.6. The summed E-state index contributed by atoms with van der Waals surface area (Å²) in [5, 5.41) is 11.0. The highest BCUT2D eigenvalue weighted by Crippen LogP contribution is 2.38. The van der Waals surface area contributed by atoms with E-state index in [9.17, 15) is 0 Å². The van der Waals surface area contributed by atoms with Gasteiger partial charge in [0.25, 0.3) is 5.89 Å². The molecule has 3 N–H and O–H groups in total. The first-order valence-corrected chi connectivity index (χ1v) is 9.00. The molecule has 0 aliphatic heterocycles. The van der Waals surface area contributed by atoms with Crippen molar-refractivity contribution in [3.63, 3.8) is 0 Å². The van der Waals surface area contributed by atoms with Crippen molar-refractivity contribution in [1.82, 2.24) is 30.3 Å². The molecule has 8 heteroatoms. The summed E-state index contributed by atoms with van der Waals surface area (Å²) in [7, 11) is 0. The van der Waals surface area contributed by atoms with Crippen molar-refractivity contribution in [2.75, 3.05) is 5.73 Å². The minimum atomic E-state index is -0.415. The van der Waals surface area contributed by atoms with Crippen LogP contribution >= 0.6 is 0 Å². The summed E-state index contributed by atoms with van der Waals surface area (Å²) in [5.74, 6) is 1.60. The molecular weight excluding hydrogens is 354 g/mol. The molecule has 0 radical (unpaired) electrons. The van der Waals surface area contributed by atoms with Gasteiger partial charge >= 0.3 is 0 Å². The fourth-order valence-corrected chi connectivity index (χ4v) is 3.14.